The number of hydrogen-bond donors (Lipinski definition) is 2. The molecule has 0 bridgehead atoms. The molecule has 10 heteroatoms. The van der Waals surface area contributed by atoms with Crippen LogP contribution in [0.15, 0.2) is 42.6 Å². The first-order valence-electron chi connectivity index (χ1n) is 9.86. The third-order valence-corrected chi connectivity index (χ3v) is 5.42. The Hall–Kier alpha value is -3.43. The Bertz CT molecular complexity index is 1240. The van der Waals surface area contributed by atoms with E-state index in [0.29, 0.717) is 22.4 Å². The normalized spacial score (nSPS) is 14.2. The molecule has 158 valence electrons. The minimum atomic E-state index is -0.312. The van der Waals surface area contributed by atoms with Crippen molar-refractivity contribution in [3.8, 4) is 11.5 Å². The highest BCUT2D eigenvalue weighted by molar-refractivity contribution is 6.29. The van der Waals surface area contributed by atoms with E-state index in [0.717, 1.165) is 48.7 Å². The Kier molecular flexibility index (Phi) is 5.05. The largest absolute Gasteiger partial charge is 0.378 e. The number of carbonyl (C=O) groups is 1. The van der Waals surface area contributed by atoms with Crippen molar-refractivity contribution in [2.75, 3.05) is 36.5 Å². The molecule has 0 aliphatic carbocycles. The fourth-order valence-corrected chi connectivity index (χ4v) is 3.69. The van der Waals surface area contributed by atoms with Crippen LogP contribution in [0.3, 0.4) is 0 Å². The van der Waals surface area contributed by atoms with E-state index in [1.807, 2.05) is 6.07 Å². The van der Waals surface area contributed by atoms with Gasteiger partial charge in [-0.3, -0.25) is 9.48 Å². The van der Waals surface area contributed by atoms with Crippen molar-refractivity contribution in [1.82, 2.24) is 24.7 Å². The molecule has 1 amide bonds. The monoisotopic (exact) mass is 437 g/mol. The van der Waals surface area contributed by atoms with Gasteiger partial charge in [-0.1, -0.05) is 11.6 Å². The Morgan fingerprint density at radius 2 is 2.03 bits per heavy atom. The lowest BCUT2D eigenvalue weighted by Gasteiger charge is -2.28. The van der Waals surface area contributed by atoms with E-state index < -0.39 is 0 Å². The molecule has 31 heavy (non-hydrogen) atoms. The summed E-state index contributed by atoms with van der Waals surface area (Å²) < 4.78 is 7.11. The van der Waals surface area contributed by atoms with Gasteiger partial charge in [0.2, 0.25) is 0 Å². The highest BCUT2D eigenvalue weighted by Crippen LogP contribution is 2.26. The van der Waals surface area contributed by atoms with Crippen LogP contribution in [0.4, 0.5) is 11.5 Å². The third kappa shape index (κ3) is 3.97. The van der Waals surface area contributed by atoms with E-state index in [-0.39, 0.29) is 5.91 Å². The number of rotatable bonds is 4. The van der Waals surface area contributed by atoms with E-state index in [1.165, 1.54) is 6.20 Å². The fraction of sp³-hybridized carbons (Fsp3) is 0.238. The van der Waals surface area contributed by atoms with Crippen molar-refractivity contribution < 1.29 is 9.53 Å². The predicted octanol–water partition coefficient (Wildman–Crippen LogP) is 3.10. The van der Waals surface area contributed by atoms with Gasteiger partial charge >= 0.3 is 0 Å². The quantitative estimate of drug-likeness (QED) is 0.476. The van der Waals surface area contributed by atoms with Gasteiger partial charge in [0.1, 0.15) is 10.8 Å². The first kappa shape index (κ1) is 19.5. The number of amides is 1. The van der Waals surface area contributed by atoms with Gasteiger partial charge in [-0.15, -0.1) is 0 Å². The van der Waals surface area contributed by atoms with Crippen LogP contribution in [0.1, 0.15) is 10.4 Å². The van der Waals surface area contributed by atoms with Gasteiger partial charge in [0.05, 0.1) is 29.8 Å². The molecule has 1 aromatic carbocycles. The van der Waals surface area contributed by atoms with Crippen molar-refractivity contribution in [2.24, 2.45) is 7.05 Å². The van der Waals surface area contributed by atoms with Gasteiger partial charge < -0.3 is 19.9 Å². The van der Waals surface area contributed by atoms with Gasteiger partial charge in [0.15, 0.2) is 11.6 Å². The molecule has 2 N–H and O–H groups in total. The second-order valence-electron chi connectivity index (χ2n) is 7.25. The van der Waals surface area contributed by atoms with Crippen molar-refractivity contribution in [2.45, 2.75) is 0 Å². The first-order valence-corrected chi connectivity index (χ1v) is 10.2. The summed E-state index contributed by atoms with van der Waals surface area (Å²) in [7, 11) is 1.81. The number of pyridine rings is 1. The summed E-state index contributed by atoms with van der Waals surface area (Å²) in [5.74, 6) is 0.790. The Morgan fingerprint density at radius 1 is 1.19 bits per heavy atom. The molecule has 4 aromatic rings. The molecule has 9 nitrogen and oxygen atoms in total. The van der Waals surface area contributed by atoms with Crippen molar-refractivity contribution in [1.29, 1.82) is 0 Å². The molecule has 1 aliphatic rings. The zero-order chi connectivity index (χ0) is 21.4. The number of nitrogens with zero attached hydrogens (tertiary/aromatic N) is 5. The van der Waals surface area contributed by atoms with Gasteiger partial charge in [0.25, 0.3) is 5.91 Å². The summed E-state index contributed by atoms with van der Waals surface area (Å²) in [6.07, 6.45) is 1.42. The van der Waals surface area contributed by atoms with E-state index in [2.05, 4.69) is 37.4 Å². The maximum absolute atomic E-state index is 12.4. The molecule has 1 saturated heterocycles. The number of H-pyrrole nitrogens is 1. The van der Waals surface area contributed by atoms with Crippen LogP contribution in [0.5, 0.6) is 0 Å². The van der Waals surface area contributed by atoms with Crippen LogP contribution in [-0.2, 0) is 11.8 Å². The summed E-state index contributed by atoms with van der Waals surface area (Å²) in [5.41, 5.74) is 4.09. The van der Waals surface area contributed by atoms with Gasteiger partial charge in [-0.2, -0.15) is 5.10 Å². The van der Waals surface area contributed by atoms with Crippen LogP contribution in [0.2, 0.25) is 5.15 Å². The molecule has 0 radical (unpaired) electrons. The average molecular weight is 438 g/mol. The Balaban J connectivity index is 1.39. The summed E-state index contributed by atoms with van der Waals surface area (Å²) >= 11 is 5.78. The average Bonchev–Trinajstić information content (AvgIpc) is 3.37. The molecular formula is C21H20ClN7O2. The molecule has 0 spiro atoms. The number of aromatic amines is 1. The molecule has 0 unspecified atom stereocenters. The lowest BCUT2D eigenvalue weighted by atomic mass is 10.2. The molecule has 1 aliphatic heterocycles. The zero-order valence-corrected chi connectivity index (χ0v) is 17.6. The van der Waals surface area contributed by atoms with Gasteiger partial charge in [-0.05, 0) is 30.3 Å². The third-order valence-electron chi connectivity index (χ3n) is 5.20. The number of hydrogen-bond acceptors (Lipinski definition) is 6. The predicted molar refractivity (Wildman–Crippen MR) is 119 cm³/mol. The van der Waals surface area contributed by atoms with E-state index in [9.17, 15) is 4.79 Å². The van der Waals surface area contributed by atoms with Crippen molar-refractivity contribution in [3.63, 3.8) is 0 Å². The second kappa shape index (κ2) is 8.01. The number of anilines is 2. The highest BCUT2D eigenvalue weighted by atomic mass is 35.5. The number of aromatic nitrogens is 5. The number of benzene rings is 1. The van der Waals surface area contributed by atoms with Gasteiger partial charge in [0, 0.05) is 38.1 Å². The molecule has 0 saturated carbocycles. The van der Waals surface area contributed by atoms with Crippen LogP contribution >= 0.6 is 11.6 Å². The lowest BCUT2D eigenvalue weighted by molar-refractivity contribution is 0.102. The topological polar surface area (TPSA) is 101 Å². The highest BCUT2D eigenvalue weighted by Gasteiger charge is 2.16. The van der Waals surface area contributed by atoms with Crippen LogP contribution in [0, 0.1) is 0 Å². The van der Waals surface area contributed by atoms with Crippen molar-refractivity contribution >= 4 is 40.0 Å². The zero-order valence-electron chi connectivity index (χ0n) is 16.8. The van der Waals surface area contributed by atoms with E-state index in [1.54, 1.807) is 29.9 Å². The van der Waals surface area contributed by atoms with Crippen LogP contribution < -0.4 is 10.2 Å². The second-order valence-corrected chi connectivity index (χ2v) is 7.64. The number of carbonyl (C=O) groups excluding carboxylic acids is 1. The number of imidazole rings is 1. The fourth-order valence-electron chi connectivity index (χ4n) is 3.58. The number of morpholine rings is 1. The number of halogens is 1. The summed E-state index contributed by atoms with van der Waals surface area (Å²) in [4.78, 5) is 26.7. The summed E-state index contributed by atoms with van der Waals surface area (Å²) in [6, 6.07) is 11.2. The number of aryl methyl sites for hydroxylation is 1. The minimum Gasteiger partial charge on any atom is -0.378 e. The minimum absolute atomic E-state index is 0.312. The molecular weight excluding hydrogens is 418 g/mol. The number of ether oxygens (including phenoxy) is 1. The van der Waals surface area contributed by atoms with E-state index in [4.69, 9.17) is 21.3 Å². The van der Waals surface area contributed by atoms with E-state index >= 15 is 0 Å². The Morgan fingerprint density at radius 3 is 2.81 bits per heavy atom. The molecule has 0 atom stereocenters. The van der Waals surface area contributed by atoms with Crippen LogP contribution in [0.25, 0.3) is 22.6 Å². The molecule has 3 aromatic heterocycles. The summed E-state index contributed by atoms with van der Waals surface area (Å²) in [5, 5.41) is 7.50. The molecule has 5 rings (SSSR count). The standard InChI is InChI=1S/C21H20ClN7O2/c1-28-17(11-19(27-28)26-21(30)13-2-5-18(22)23-12-13)20-24-15-4-3-14(10-16(15)25-20)29-6-8-31-9-7-29/h2-5,10-12H,6-9H2,1H3,(H,24,25)(H,26,27,30). The number of fused-ring (bicyclic) bond motifs is 1. The van der Waals surface area contributed by atoms with Crippen molar-refractivity contribution in [3.05, 3.63) is 53.3 Å². The first-order chi connectivity index (χ1) is 15.1. The Labute approximate surface area is 183 Å². The SMILES string of the molecule is Cn1nc(NC(=O)c2ccc(Cl)nc2)cc1-c1nc2cc(N3CCOCC3)ccc2[nH]1. The molecule has 1 fully saturated rings. The maximum Gasteiger partial charge on any atom is 0.258 e. The smallest absolute Gasteiger partial charge is 0.258 e. The lowest BCUT2D eigenvalue weighted by Crippen LogP contribution is -2.36. The van der Waals surface area contributed by atoms with Gasteiger partial charge in [-0.25, -0.2) is 9.97 Å². The molecule has 4 heterocycles. The van der Waals surface area contributed by atoms with Crippen LogP contribution in [-0.4, -0.2) is 56.9 Å². The number of nitrogens with one attached hydrogen (secondary N) is 2. The maximum atomic E-state index is 12.4. The summed E-state index contributed by atoms with van der Waals surface area (Å²) in [6.45, 7) is 3.21.